The third-order valence-electron chi connectivity index (χ3n) is 6.68. The zero-order valence-corrected chi connectivity index (χ0v) is 23.3. The summed E-state index contributed by atoms with van der Waals surface area (Å²) in [4.78, 5) is 32.5. The molecule has 6 heterocycles. The van der Waals surface area contributed by atoms with Gasteiger partial charge in [-0.3, -0.25) is 19.6 Å². The van der Waals surface area contributed by atoms with Gasteiger partial charge >= 0.3 is 0 Å². The van der Waals surface area contributed by atoms with E-state index in [1.807, 2.05) is 36.4 Å². The van der Waals surface area contributed by atoms with E-state index in [2.05, 4.69) is 20.2 Å². The van der Waals surface area contributed by atoms with E-state index in [0.717, 1.165) is 49.9 Å². The Hall–Kier alpha value is -4.42. The lowest BCUT2D eigenvalue weighted by atomic mass is 10.2. The van der Waals surface area contributed by atoms with Crippen molar-refractivity contribution in [2.75, 3.05) is 13.2 Å². The van der Waals surface area contributed by atoms with E-state index in [1.54, 1.807) is 24.8 Å². The summed E-state index contributed by atoms with van der Waals surface area (Å²) in [5.41, 5.74) is 1.19. The highest BCUT2D eigenvalue weighted by Gasteiger charge is 2.19. The van der Waals surface area contributed by atoms with Crippen LogP contribution in [0, 0.1) is 0 Å². The molecule has 6 rings (SSSR count). The van der Waals surface area contributed by atoms with Gasteiger partial charge in [-0.1, -0.05) is 12.1 Å². The van der Waals surface area contributed by atoms with Crippen LogP contribution in [-0.4, -0.2) is 42.7 Å². The molecule has 2 fully saturated rings. The summed E-state index contributed by atoms with van der Waals surface area (Å²) >= 11 is 0. The van der Waals surface area contributed by atoms with Crippen molar-refractivity contribution >= 4 is 0 Å². The zero-order valence-electron chi connectivity index (χ0n) is 23.3. The second kappa shape index (κ2) is 15.0. The first kappa shape index (κ1) is 29.1. The maximum atomic E-state index is 12.1. The number of rotatable bonds is 8. The van der Waals surface area contributed by atoms with Crippen molar-refractivity contribution in [1.29, 1.82) is 0 Å². The summed E-state index contributed by atoms with van der Waals surface area (Å²) < 4.78 is 25.0. The maximum absolute atomic E-state index is 12.1. The van der Waals surface area contributed by atoms with Crippen LogP contribution in [0.3, 0.4) is 0 Å². The second-order valence-corrected chi connectivity index (χ2v) is 9.81. The van der Waals surface area contributed by atoms with Gasteiger partial charge in [0.25, 0.3) is 11.1 Å². The predicted molar refractivity (Wildman–Crippen MR) is 152 cm³/mol. The minimum absolute atomic E-state index is 0.208. The highest BCUT2D eigenvalue weighted by atomic mass is 16.5. The van der Waals surface area contributed by atoms with E-state index < -0.39 is 0 Å². The fourth-order valence-corrected chi connectivity index (χ4v) is 4.51. The van der Waals surface area contributed by atoms with E-state index in [0.29, 0.717) is 37.9 Å². The quantitative estimate of drug-likeness (QED) is 0.306. The highest BCUT2D eigenvalue weighted by molar-refractivity contribution is 5.16. The second-order valence-electron chi connectivity index (χ2n) is 9.81. The molecular weight excluding hydrogens is 540 g/mol. The Bertz CT molecular complexity index is 1390. The summed E-state index contributed by atoms with van der Waals surface area (Å²) in [5, 5.41) is 8.30. The van der Waals surface area contributed by atoms with Gasteiger partial charge in [0.05, 0.1) is 23.8 Å². The van der Waals surface area contributed by atoms with Crippen molar-refractivity contribution in [3.05, 3.63) is 105 Å². The fourth-order valence-electron chi connectivity index (χ4n) is 4.51. The number of nitrogens with zero attached hydrogens (tertiary/aromatic N) is 6. The van der Waals surface area contributed by atoms with E-state index in [-0.39, 0.29) is 23.6 Å². The molecule has 0 radical (unpaired) electrons. The minimum atomic E-state index is -0.254. The topological polar surface area (TPSA) is 132 Å². The molecule has 0 N–H and O–H groups in total. The number of aromatic nitrogens is 6. The molecule has 2 atom stereocenters. The summed E-state index contributed by atoms with van der Waals surface area (Å²) in [7, 11) is 0. The maximum Gasteiger partial charge on any atom is 0.272 e. The molecule has 2 saturated heterocycles. The van der Waals surface area contributed by atoms with E-state index in [9.17, 15) is 9.59 Å². The number of hydrogen-bond acceptors (Lipinski definition) is 10. The number of hydrogen-bond donors (Lipinski definition) is 0. The Morgan fingerprint density at radius 3 is 1.52 bits per heavy atom. The van der Waals surface area contributed by atoms with Gasteiger partial charge in [-0.25, -0.2) is 9.36 Å². The van der Waals surface area contributed by atoms with Gasteiger partial charge in [-0.05, 0) is 62.8 Å². The predicted octanol–water partition coefficient (Wildman–Crippen LogP) is 3.83. The molecular formula is C30H34N6O6. The van der Waals surface area contributed by atoms with Crippen molar-refractivity contribution in [1.82, 2.24) is 29.5 Å². The molecule has 2 aliphatic rings. The fraction of sp³-hybridized carbons (Fsp3) is 0.400. The van der Waals surface area contributed by atoms with Crippen LogP contribution in [0.5, 0.6) is 11.5 Å². The van der Waals surface area contributed by atoms with Gasteiger partial charge in [-0.2, -0.15) is 10.2 Å². The normalized spacial score (nSPS) is 18.4. The van der Waals surface area contributed by atoms with Crippen molar-refractivity contribution in [2.45, 2.75) is 64.2 Å². The highest BCUT2D eigenvalue weighted by Crippen LogP contribution is 2.21. The molecule has 0 aliphatic carbocycles. The van der Waals surface area contributed by atoms with Gasteiger partial charge in [0.2, 0.25) is 0 Å². The Labute approximate surface area is 242 Å². The summed E-state index contributed by atoms with van der Waals surface area (Å²) in [6, 6.07) is 14.1. The largest absolute Gasteiger partial charge is 0.485 e. The van der Waals surface area contributed by atoms with Gasteiger partial charge < -0.3 is 18.9 Å². The van der Waals surface area contributed by atoms with E-state index in [1.165, 1.54) is 21.5 Å². The molecule has 42 heavy (non-hydrogen) atoms. The smallest absolute Gasteiger partial charge is 0.272 e. The lowest BCUT2D eigenvalue weighted by molar-refractivity contribution is -0.0427. The van der Waals surface area contributed by atoms with Crippen LogP contribution < -0.4 is 20.6 Å². The van der Waals surface area contributed by atoms with Gasteiger partial charge in [0.1, 0.15) is 24.7 Å². The minimum Gasteiger partial charge on any atom is -0.485 e. The van der Waals surface area contributed by atoms with Crippen molar-refractivity contribution in [3.63, 3.8) is 0 Å². The molecule has 4 aromatic heterocycles. The molecule has 220 valence electrons. The van der Waals surface area contributed by atoms with Crippen molar-refractivity contribution in [3.8, 4) is 11.5 Å². The molecule has 0 amide bonds. The third-order valence-corrected chi connectivity index (χ3v) is 6.68. The molecule has 0 aromatic carbocycles. The van der Waals surface area contributed by atoms with Crippen molar-refractivity contribution < 1.29 is 18.9 Å². The van der Waals surface area contributed by atoms with E-state index in [4.69, 9.17) is 18.9 Å². The lowest BCUT2D eigenvalue weighted by Gasteiger charge is -2.23. The first-order valence-electron chi connectivity index (χ1n) is 14.1. The van der Waals surface area contributed by atoms with Crippen LogP contribution in [0.2, 0.25) is 0 Å². The molecule has 2 unspecified atom stereocenters. The Morgan fingerprint density at radius 2 is 1.17 bits per heavy atom. The monoisotopic (exact) mass is 574 g/mol. The summed E-state index contributed by atoms with van der Waals surface area (Å²) in [5.74, 6) is 0.885. The third kappa shape index (κ3) is 8.30. The van der Waals surface area contributed by atoms with Gasteiger partial charge in [-0.15, -0.1) is 0 Å². The standard InChI is InChI=1S/2C15H17N3O3/c2*19-14-9-13(21-11-12-5-1-3-7-16-12)10-17-18(14)15-6-2-4-8-20-15/h2*1,3,5,7,9-10,15H,2,4,6,8,11H2. The Morgan fingerprint density at radius 1 is 0.690 bits per heavy atom. The molecule has 12 heteroatoms. The summed E-state index contributed by atoms with van der Waals surface area (Å²) in [6.07, 6.45) is 11.8. The van der Waals surface area contributed by atoms with Crippen LogP contribution in [0.25, 0.3) is 0 Å². The lowest BCUT2D eigenvalue weighted by Crippen LogP contribution is -2.30. The van der Waals surface area contributed by atoms with Gasteiger partial charge in [0.15, 0.2) is 12.5 Å². The number of ether oxygens (including phenoxy) is 4. The van der Waals surface area contributed by atoms with E-state index >= 15 is 0 Å². The van der Waals surface area contributed by atoms with Crippen LogP contribution >= 0.6 is 0 Å². The van der Waals surface area contributed by atoms with Gasteiger partial charge in [0, 0.05) is 37.7 Å². The van der Waals surface area contributed by atoms with Crippen LogP contribution in [0.15, 0.2) is 82.9 Å². The first-order valence-corrected chi connectivity index (χ1v) is 14.1. The SMILES string of the molecule is O=c1cc(OCc2ccccn2)cnn1C1CCCCO1.O=c1cc(OCc2ccccn2)cnn1C1CCCCO1. The molecule has 0 saturated carbocycles. The van der Waals surface area contributed by atoms with Crippen LogP contribution in [0.4, 0.5) is 0 Å². The summed E-state index contributed by atoms with van der Waals surface area (Å²) in [6.45, 7) is 1.98. The molecule has 2 aliphatic heterocycles. The molecule has 12 nitrogen and oxygen atoms in total. The number of pyridine rings is 2. The molecule has 0 spiro atoms. The molecule has 0 bridgehead atoms. The van der Waals surface area contributed by atoms with Crippen LogP contribution in [0.1, 0.15) is 62.4 Å². The first-order chi connectivity index (χ1) is 20.7. The average molecular weight is 575 g/mol. The Kier molecular flexibility index (Phi) is 10.4. The average Bonchev–Trinajstić information content (AvgIpc) is 3.05. The Balaban J connectivity index is 0.000000168. The molecule has 4 aromatic rings. The van der Waals surface area contributed by atoms with Crippen molar-refractivity contribution in [2.24, 2.45) is 0 Å². The van der Waals surface area contributed by atoms with Crippen LogP contribution in [-0.2, 0) is 22.7 Å². The zero-order chi connectivity index (χ0) is 29.0.